The summed E-state index contributed by atoms with van der Waals surface area (Å²) in [5.74, 6) is -0.614. The molecule has 1 aliphatic heterocycles. The zero-order chi connectivity index (χ0) is 24.0. The Morgan fingerprint density at radius 1 is 1.00 bits per heavy atom. The van der Waals surface area contributed by atoms with E-state index in [1.54, 1.807) is 36.4 Å². The fourth-order valence-corrected chi connectivity index (χ4v) is 4.91. The second-order valence-electron chi connectivity index (χ2n) is 8.43. The Balaban J connectivity index is 1.86. The highest BCUT2D eigenvalue weighted by Gasteiger charge is 2.37. The first kappa shape index (κ1) is 21.8. The van der Waals surface area contributed by atoms with Crippen LogP contribution in [-0.4, -0.2) is 48.9 Å². The topological polar surface area (TPSA) is 89.2 Å². The van der Waals surface area contributed by atoms with Crippen molar-refractivity contribution in [1.82, 2.24) is 4.90 Å². The van der Waals surface area contributed by atoms with Crippen molar-refractivity contribution in [3.05, 3.63) is 70.6 Å². The molecule has 0 saturated carbocycles. The van der Waals surface area contributed by atoms with Crippen LogP contribution in [0.5, 0.6) is 17.2 Å². The molecule has 1 fully saturated rings. The predicted molar refractivity (Wildman–Crippen MR) is 128 cm³/mol. The number of likely N-dealkylation sites (tertiary alicyclic amines) is 1. The lowest BCUT2D eigenvalue weighted by Gasteiger charge is -2.21. The van der Waals surface area contributed by atoms with Crippen LogP contribution in [0.1, 0.15) is 46.0 Å². The van der Waals surface area contributed by atoms with Gasteiger partial charge in [0.15, 0.2) is 22.9 Å². The molecule has 0 bridgehead atoms. The minimum Gasteiger partial charge on any atom is -0.504 e. The number of ketones is 2. The molecule has 174 valence electrons. The van der Waals surface area contributed by atoms with E-state index >= 15 is 0 Å². The van der Waals surface area contributed by atoms with Crippen LogP contribution in [0.2, 0.25) is 0 Å². The number of nitrogens with zero attached hydrogens (tertiary/aromatic N) is 1. The first-order valence-corrected chi connectivity index (χ1v) is 11.2. The maximum Gasteiger partial charge on any atom is 0.205 e. The number of rotatable bonds is 5. The van der Waals surface area contributed by atoms with Gasteiger partial charge in [-0.25, -0.2) is 0 Å². The summed E-state index contributed by atoms with van der Waals surface area (Å²) in [5, 5.41) is 11.9. The molecule has 0 spiro atoms. The molecule has 34 heavy (non-hydrogen) atoms. The van der Waals surface area contributed by atoms with E-state index in [0.717, 1.165) is 31.6 Å². The molecule has 2 aromatic carbocycles. The summed E-state index contributed by atoms with van der Waals surface area (Å²) >= 11 is 0. The maximum atomic E-state index is 13.5. The number of hydrogen-bond donors (Lipinski definition) is 1. The van der Waals surface area contributed by atoms with Crippen molar-refractivity contribution in [1.29, 1.82) is 0 Å². The molecule has 3 aromatic rings. The molecule has 0 amide bonds. The molecule has 5 rings (SSSR count). The highest BCUT2D eigenvalue weighted by atomic mass is 16.5. The van der Waals surface area contributed by atoms with Crippen molar-refractivity contribution in [2.45, 2.75) is 19.8 Å². The lowest BCUT2D eigenvalue weighted by atomic mass is 9.92. The summed E-state index contributed by atoms with van der Waals surface area (Å²) in [6.07, 6.45) is 5.41. The van der Waals surface area contributed by atoms with E-state index < -0.39 is 0 Å². The van der Waals surface area contributed by atoms with Crippen molar-refractivity contribution in [2.75, 3.05) is 27.3 Å². The first-order chi connectivity index (χ1) is 16.5. The van der Waals surface area contributed by atoms with Gasteiger partial charge < -0.3 is 23.9 Å². The molecule has 7 nitrogen and oxygen atoms in total. The van der Waals surface area contributed by atoms with Crippen LogP contribution in [0, 0.1) is 0 Å². The smallest absolute Gasteiger partial charge is 0.205 e. The number of carbonyl (C=O) groups is 2. The Bertz CT molecular complexity index is 1350. The molecule has 2 heterocycles. The molecular formula is C27H25NO6. The standard InChI is InChI=1S/C27H25NO6/c1-15(28-11-6-7-12-28)14-19(20-22(29)16-8-4-5-9-17(16)23(20)30)21-24(31)27(33-3)26-18(10-13-34-26)25(21)32-2/h4-5,8-10,13-14,31H,6-7,11-12H2,1-3H3/b15-14+. The highest BCUT2D eigenvalue weighted by Crippen LogP contribution is 2.50. The minimum atomic E-state index is -0.381. The number of benzene rings is 2. The Kier molecular flexibility index (Phi) is 5.40. The number of carbonyl (C=O) groups excluding carboxylic acids is 2. The number of furan rings is 1. The van der Waals surface area contributed by atoms with Crippen LogP contribution in [0.4, 0.5) is 0 Å². The summed E-state index contributed by atoms with van der Waals surface area (Å²) in [4.78, 5) is 29.2. The molecule has 1 aromatic heterocycles. The molecular weight excluding hydrogens is 434 g/mol. The second-order valence-corrected chi connectivity index (χ2v) is 8.43. The number of Topliss-reactive ketones (excluding diaryl/α,β-unsaturated/α-hetero) is 2. The summed E-state index contributed by atoms with van der Waals surface area (Å²) in [6.45, 7) is 3.72. The number of phenolic OH excluding ortho intramolecular Hbond substituents is 1. The van der Waals surface area contributed by atoms with Crippen molar-refractivity contribution >= 4 is 28.1 Å². The van der Waals surface area contributed by atoms with E-state index in [4.69, 9.17) is 13.9 Å². The number of ether oxygens (including phenoxy) is 2. The molecule has 1 saturated heterocycles. The summed E-state index contributed by atoms with van der Waals surface area (Å²) in [6, 6.07) is 8.46. The lowest BCUT2D eigenvalue weighted by molar-refractivity contribution is 0.0990. The van der Waals surface area contributed by atoms with Gasteiger partial charge in [-0.1, -0.05) is 24.3 Å². The van der Waals surface area contributed by atoms with E-state index in [1.165, 1.54) is 20.5 Å². The molecule has 1 N–H and O–H groups in total. The Labute approximate surface area is 196 Å². The van der Waals surface area contributed by atoms with Crippen molar-refractivity contribution < 1.29 is 28.6 Å². The van der Waals surface area contributed by atoms with Crippen molar-refractivity contribution in [2.24, 2.45) is 0 Å². The van der Waals surface area contributed by atoms with Crippen molar-refractivity contribution in [3.63, 3.8) is 0 Å². The van der Waals surface area contributed by atoms with Gasteiger partial charge in [-0.3, -0.25) is 9.59 Å². The largest absolute Gasteiger partial charge is 0.504 e. The number of aromatic hydroxyl groups is 1. The number of methoxy groups -OCH3 is 2. The number of phenols is 1. The van der Waals surface area contributed by atoms with Crippen LogP contribution in [-0.2, 0) is 0 Å². The van der Waals surface area contributed by atoms with Crippen LogP contribution in [0.3, 0.4) is 0 Å². The fourth-order valence-electron chi connectivity index (χ4n) is 4.91. The molecule has 2 aliphatic rings. The average Bonchev–Trinajstić information content (AvgIpc) is 3.59. The van der Waals surface area contributed by atoms with Crippen LogP contribution in [0.25, 0.3) is 16.5 Å². The van der Waals surface area contributed by atoms with E-state index in [9.17, 15) is 14.7 Å². The van der Waals surface area contributed by atoms with Crippen LogP contribution >= 0.6 is 0 Å². The third-order valence-electron chi connectivity index (χ3n) is 6.57. The van der Waals surface area contributed by atoms with Gasteiger partial charge in [0.2, 0.25) is 5.75 Å². The van der Waals surface area contributed by atoms with Gasteiger partial charge >= 0.3 is 0 Å². The van der Waals surface area contributed by atoms with Crippen LogP contribution in [0.15, 0.2) is 58.4 Å². The van der Waals surface area contributed by atoms with Crippen molar-refractivity contribution in [3.8, 4) is 17.2 Å². The second kappa shape index (κ2) is 8.41. The fraction of sp³-hybridized carbons (Fsp3) is 0.259. The molecule has 1 aliphatic carbocycles. The quantitative estimate of drug-likeness (QED) is 0.425. The highest BCUT2D eigenvalue weighted by molar-refractivity contribution is 6.43. The monoisotopic (exact) mass is 459 g/mol. The van der Waals surface area contributed by atoms with Gasteiger partial charge in [-0.15, -0.1) is 0 Å². The molecule has 0 atom stereocenters. The Morgan fingerprint density at radius 3 is 2.21 bits per heavy atom. The first-order valence-electron chi connectivity index (χ1n) is 11.2. The van der Waals surface area contributed by atoms with Gasteiger partial charge in [-0.2, -0.15) is 0 Å². The van der Waals surface area contributed by atoms with E-state index in [2.05, 4.69) is 4.90 Å². The third-order valence-corrected chi connectivity index (χ3v) is 6.57. The number of allylic oxidation sites excluding steroid dienone is 4. The van der Waals surface area contributed by atoms with E-state index in [-0.39, 0.29) is 34.2 Å². The van der Waals surface area contributed by atoms with E-state index in [0.29, 0.717) is 33.4 Å². The van der Waals surface area contributed by atoms with Gasteiger partial charge in [0.05, 0.1) is 37.0 Å². The van der Waals surface area contributed by atoms with Gasteiger partial charge in [-0.05, 0) is 31.9 Å². The number of hydrogen-bond acceptors (Lipinski definition) is 7. The summed E-state index contributed by atoms with van der Waals surface area (Å²) in [5.41, 5.74) is 2.42. The lowest BCUT2D eigenvalue weighted by Crippen LogP contribution is -2.17. The SMILES string of the molecule is COc1c(C(/C=C(\C)N2CCCC2)=C2C(=O)c3ccccc3C2=O)c(O)c(OC)c2occc12. The van der Waals surface area contributed by atoms with Crippen LogP contribution < -0.4 is 9.47 Å². The molecule has 0 radical (unpaired) electrons. The third kappa shape index (κ3) is 3.19. The summed E-state index contributed by atoms with van der Waals surface area (Å²) in [7, 11) is 2.90. The Morgan fingerprint density at radius 2 is 1.62 bits per heavy atom. The van der Waals surface area contributed by atoms with E-state index in [1.807, 2.05) is 6.92 Å². The zero-order valence-electron chi connectivity index (χ0n) is 19.3. The van der Waals surface area contributed by atoms with Gasteiger partial charge in [0.25, 0.3) is 0 Å². The predicted octanol–water partition coefficient (Wildman–Crippen LogP) is 4.99. The average molecular weight is 459 g/mol. The van der Waals surface area contributed by atoms with Gasteiger partial charge in [0, 0.05) is 35.5 Å². The normalized spacial score (nSPS) is 15.9. The zero-order valence-corrected chi connectivity index (χ0v) is 19.3. The summed E-state index contributed by atoms with van der Waals surface area (Å²) < 4.78 is 16.7. The Hall–Kier alpha value is -4.00. The maximum absolute atomic E-state index is 13.5. The minimum absolute atomic E-state index is 0.00163. The van der Waals surface area contributed by atoms with Gasteiger partial charge in [0.1, 0.15) is 5.75 Å². The number of fused-ring (bicyclic) bond motifs is 2. The molecule has 0 unspecified atom stereocenters. The molecule has 7 heteroatoms.